The van der Waals surface area contributed by atoms with Gasteiger partial charge in [0.25, 0.3) is 5.91 Å². The number of hydrogen-bond donors (Lipinski definition) is 0. The van der Waals surface area contributed by atoms with E-state index in [0.29, 0.717) is 12.2 Å². The lowest BCUT2D eigenvalue weighted by Gasteiger charge is -2.18. The second-order valence-electron chi connectivity index (χ2n) is 4.62. The lowest BCUT2D eigenvalue weighted by molar-refractivity contribution is 0.0774. The van der Waals surface area contributed by atoms with Crippen LogP contribution in [0.2, 0.25) is 0 Å². The van der Waals surface area contributed by atoms with Gasteiger partial charge in [0, 0.05) is 35.3 Å². The molecule has 0 bridgehead atoms. The van der Waals surface area contributed by atoms with Crippen molar-refractivity contribution in [2.45, 2.75) is 20.0 Å². The maximum absolute atomic E-state index is 12.5. The van der Waals surface area contributed by atoms with Gasteiger partial charge in [-0.25, -0.2) is 0 Å². The number of halogens is 2. The molecule has 1 heterocycles. The first kappa shape index (κ1) is 15.3. The maximum Gasteiger partial charge on any atom is 0.270 e. The fourth-order valence-corrected chi connectivity index (χ4v) is 3.00. The van der Waals surface area contributed by atoms with Crippen molar-refractivity contribution in [2.24, 2.45) is 0 Å². The number of aryl methyl sites for hydroxylation is 1. The Balaban J connectivity index is 2.16. The van der Waals surface area contributed by atoms with Crippen molar-refractivity contribution in [3.8, 4) is 0 Å². The summed E-state index contributed by atoms with van der Waals surface area (Å²) in [6.07, 6.45) is 1.93. The van der Waals surface area contributed by atoms with Crippen LogP contribution in [0.25, 0.3) is 0 Å². The number of aromatic nitrogens is 1. The van der Waals surface area contributed by atoms with Crippen LogP contribution in [0.5, 0.6) is 0 Å². The van der Waals surface area contributed by atoms with Gasteiger partial charge >= 0.3 is 0 Å². The van der Waals surface area contributed by atoms with Crippen LogP contribution in [0.1, 0.15) is 23.0 Å². The van der Waals surface area contributed by atoms with E-state index in [-0.39, 0.29) is 5.91 Å². The Bertz CT molecular complexity index is 622. The van der Waals surface area contributed by atoms with Gasteiger partial charge in [0.2, 0.25) is 0 Å². The van der Waals surface area contributed by atoms with E-state index in [0.717, 1.165) is 21.1 Å². The molecule has 1 aromatic heterocycles. The molecule has 106 valence electrons. The smallest absolute Gasteiger partial charge is 0.270 e. The minimum atomic E-state index is 0.0255. The lowest BCUT2D eigenvalue weighted by Crippen LogP contribution is -2.28. The Morgan fingerprint density at radius 1 is 1.25 bits per heavy atom. The summed E-state index contributed by atoms with van der Waals surface area (Å²) in [5.41, 5.74) is 1.81. The van der Waals surface area contributed by atoms with Crippen LogP contribution in [-0.4, -0.2) is 22.4 Å². The Kier molecular flexibility index (Phi) is 5.05. The largest absolute Gasteiger partial charge is 0.343 e. The molecular weight excluding hydrogens is 384 g/mol. The highest BCUT2D eigenvalue weighted by molar-refractivity contribution is 9.10. The highest BCUT2D eigenvalue weighted by Crippen LogP contribution is 2.18. The van der Waals surface area contributed by atoms with E-state index in [1.54, 1.807) is 4.90 Å². The van der Waals surface area contributed by atoms with Gasteiger partial charge in [-0.15, -0.1) is 0 Å². The molecule has 0 aliphatic heterocycles. The normalized spacial score (nSPS) is 10.6. The van der Waals surface area contributed by atoms with Crippen LogP contribution in [0.4, 0.5) is 0 Å². The zero-order chi connectivity index (χ0) is 14.7. The number of hydrogen-bond acceptors (Lipinski definition) is 1. The van der Waals surface area contributed by atoms with Gasteiger partial charge < -0.3 is 9.47 Å². The van der Waals surface area contributed by atoms with Crippen molar-refractivity contribution in [1.82, 2.24) is 9.47 Å². The highest BCUT2D eigenvalue weighted by atomic mass is 79.9. The van der Waals surface area contributed by atoms with E-state index in [4.69, 9.17) is 0 Å². The first-order valence-electron chi connectivity index (χ1n) is 6.37. The number of carbonyl (C=O) groups excluding carboxylic acids is 1. The number of rotatable bonds is 4. The Morgan fingerprint density at radius 3 is 2.65 bits per heavy atom. The zero-order valence-electron chi connectivity index (χ0n) is 11.4. The maximum atomic E-state index is 12.5. The lowest BCUT2D eigenvalue weighted by atomic mass is 10.2. The minimum absolute atomic E-state index is 0.0255. The predicted octanol–water partition coefficient (Wildman–Crippen LogP) is 4.31. The monoisotopic (exact) mass is 398 g/mol. The molecule has 0 radical (unpaired) electrons. The van der Waals surface area contributed by atoms with Crippen molar-refractivity contribution in [3.05, 3.63) is 56.7 Å². The van der Waals surface area contributed by atoms with Gasteiger partial charge in [-0.05, 0) is 46.6 Å². The van der Waals surface area contributed by atoms with Crippen LogP contribution in [-0.2, 0) is 13.1 Å². The molecule has 2 aromatic rings. The third kappa shape index (κ3) is 3.52. The van der Waals surface area contributed by atoms with E-state index in [9.17, 15) is 4.79 Å². The molecule has 0 saturated carbocycles. The van der Waals surface area contributed by atoms with Crippen molar-refractivity contribution in [2.75, 3.05) is 7.05 Å². The van der Waals surface area contributed by atoms with Gasteiger partial charge in [0.15, 0.2) is 0 Å². The molecule has 3 nitrogen and oxygen atoms in total. The second kappa shape index (κ2) is 6.59. The summed E-state index contributed by atoms with van der Waals surface area (Å²) >= 11 is 6.87. The van der Waals surface area contributed by atoms with Crippen molar-refractivity contribution in [1.29, 1.82) is 0 Å². The van der Waals surface area contributed by atoms with Gasteiger partial charge in [-0.2, -0.15) is 0 Å². The molecule has 0 spiro atoms. The third-order valence-corrected chi connectivity index (χ3v) is 4.01. The van der Waals surface area contributed by atoms with Crippen LogP contribution >= 0.6 is 31.9 Å². The first-order valence-corrected chi connectivity index (χ1v) is 7.95. The molecule has 0 atom stereocenters. The van der Waals surface area contributed by atoms with Crippen LogP contribution in [0.3, 0.4) is 0 Å². The molecule has 0 saturated heterocycles. The SMILES string of the molecule is CCn1cc(Br)cc1C(=O)N(C)Cc1cccc(Br)c1. The van der Waals surface area contributed by atoms with Crippen LogP contribution in [0.15, 0.2) is 45.5 Å². The predicted molar refractivity (Wildman–Crippen MR) is 87.7 cm³/mol. The molecule has 2 rings (SSSR count). The molecule has 0 aliphatic carbocycles. The van der Waals surface area contributed by atoms with E-state index in [2.05, 4.69) is 31.9 Å². The number of nitrogens with zero attached hydrogens (tertiary/aromatic N) is 2. The number of amides is 1. The first-order chi connectivity index (χ1) is 9.51. The molecule has 20 heavy (non-hydrogen) atoms. The Hall–Kier alpha value is -1.07. The molecular formula is C15H16Br2N2O. The Morgan fingerprint density at radius 2 is 2.00 bits per heavy atom. The quantitative estimate of drug-likeness (QED) is 0.752. The standard InChI is InChI=1S/C15H16Br2N2O/c1-3-19-10-13(17)8-14(19)15(20)18(2)9-11-5-4-6-12(16)7-11/h4-8,10H,3,9H2,1-2H3. The minimum Gasteiger partial charge on any atom is -0.343 e. The zero-order valence-corrected chi connectivity index (χ0v) is 14.6. The summed E-state index contributed by atoms with van der Waals surface area (Å²) < 4.78 is 3.90. The van der Waals surface area contributed by atoms with Crippen molar-refractivity contribution < 1.29 is 4.79 Å². The highest BCUT2D eigenvalue weighted by Gasteiger charge is 2.16. The topological polar surface area (TPSA) is 25.2 Å². The molecule has 1 aromatic carbocycles. The van der Waals surface area contributed by atoms with E-state index < -0.39 is 0 Å². The third-order valence-electron chi connectivity index (χ3n) is 3.08. The fourth-order valence-electron chi connectivity index (χ4n) is 2.09. The molecule has 0 fully saturated rings. The van der Waals surface area contributed by atoms with E-state index in [1.807, 2.05) is 55.1 Å². The average molecular weight is 400 g/mol. The summed E-state index contributed by atoms with van der Waals surface area (Å²) in [5, 5.41) is 0. The molecule has 5 heteroatoms. The molecule has 0 aliphatic rings. The van der Waals surface area contributed by atoms with E-state index in [1.165, 1.54) is 0 Å². The number of carbonyl (C=O) groups is 1. The molecule has 1 amide bonds. The van der Waals surface area contributed by atoms with Gasteiger partial charge in [0.1, 0.15) is 5.69 Å². The fraction of sp³-hybridized carbons (Fsp3) is 0.267. The van der Waals surface area contributed by atoms with Gasteiger partial charge in [-0.1, -0.05) is 28.1 Å². The number of benzene rings is 1. The second-order valence-corrected chi connectivity index (χ2v) is 6.45. The summed E-state index contributed by atoms with van der Waals surface area (Å²) in [7, 11) is 1.82. The van der Waals surface area contributed by atoms with Gasteiger partial charge in [-0.3, -0.25) is 4.79 Å². The van der Waals surface area contributed by atoms with Crippen LogP contribution < -0.4 is 0 Å². The molecule has 0 N–H and O–H groups in total. The van der Waals surface area contributed by atoms with E-state index >= 15 is 0 Å². The van der Waals surface area contributed by atoms with Crippen molar-refractivity contribution in [3.63, 3.8) is 0 Å². The summed E-state index contributed by atoms with van der Waals surface area (Å²) in [6, 6.07) is 9.86. The Labute approximate surface area is 135 Å². The van der Waals surface area contributed by atoms with Crippen molar-refractivity contribution >= 4 is 37.8 Å². The summed E-state index contributed by atoms with van der Waals surface area (Å²) in [5.74, 6) is 0.0255. The summed E-state index contributed by atoms with van der Waals surface area (Å²) in [4.78, 5) is 14.2. The summed E-state index contributed by atoms with van der Waals surface area (Å²) in [6.45, 7) is 3.39. The van der Waals surface area contributed by atoms with Gasteiger partial charge in [0.05, 0.1) is 0 Å². The van der Waals surface area contributed by atoms with Crippen LogP contribution in [0, 0.1) is 0 Å². The molecule has 0 unspecified atom stereocenters. The average Bonchev–Trinajstić information content (AvgIpc) is 2.79.